The zero-order valence-electron chi connectivity index (χ0n) is 13.9. The standard InChI is InChI=1S/C15H24FN3O3S.HI/c1-3-17-15(18-8-9-22-10-11-23(2,20)21)19-12-13-4-6-14(16)7-5-13;/h4-7H,3,8-12H2,1-2H3,(H2,17,18,19);1H. The largest absolute Gasteiger partial charge is 0.379 e. The van der Waals surface area contributed by atoms with Gasteiger partial charge in [-0.05, 0) is 24.6 Å². The van der Waals surface area contributed by atoms with Crippen molar-refractivity contribution < 1.29 is 17.5 Å². The molecule has 6 nitrogen and oxygen atoms in total. The van der Waals surface area contributed by atoms with Crippen molar-refractivity contribution >= 4 is 39.8 Å². The molecule has 0 aliphatic carbocycles. The van der Waals surface area contributed by atoms with Gasteiger partial charge in [0.05, 0.1) is 25.5 Å². The second-order valence-corrected chi connectivity index (χ2v) is 7.25. The SMILES string of the molecule is CCNC(=NCc1ccc(F)cc1)NCCOCCS(C)(=O)=O.I. The van der Waals surface area contributed by atoms with Crippen molar-refractivity contribution in [2.24, 2.45) is 4.99 Å². The Morgan fingerprint density at radius 3 is 2.46 bits per heavy atom. The molecule has 0 unspecified atom stereocenters. The first-order chi connectivity index (χ1) is 10.9. The maximum Gasteiger partial charge on any atom is 0.191 e. The summed E-state index contributed by atoms with van der Waals surface area (Å²) in [6.07, 6.45) is 1.18. The van der Waals surface area contributed by atoms with Crippen LogP contribution in [0.25, 0.3) is 0 Å². The van der Waals surface area contributed by atoms with Gasteiger partial charge in [0.1, 0.15) is 15.7 Å². The Balaban J connectivity index is 0.00000529. The third kappa shape index (κ3) is 11.6. The number of nitrogens with zero attached hydrogens (tertiary/aromatic N) is 1. The second-order valence-electron chi connectivity index (χ2n) is 4.99. The van der Waals surface area contributed by atoms with E-state index in [-0.39, 0.29) is 42.2 Å². The summed E-state index contributed by atoms with van der Waals surface area (Å²) in [5.74, 6) is 0.378. The van der Waals surface area contributed by atoms with Gasteiger partial charge in [0, 0.05) is 19.3 Å². The predicted octanol–water partition coefficient (Wildman–Crippen LogP) is 1.56. The van der Waals surface area contributed by atoms with Crippen LogP contribution in [0.3, 0.4) is 0 Å². The maximum atomic E-state index is 12.8. The molecule has 1 aromatic carbocycles. The Morgan fingerprint density at radius 2 is 1.88 bits per heavy atom. The number of ether oxygens (including phenoxy) is 1. The molecule has 138 valence electrons. The highest BCUT2D eigenvalue weighted by atomic mass is 127. The normalized spacial score (nSPS) is 11.7. The Hall–Kier alpha value is -0.940. The van der Waals surface area contributed by atoms with Crippen molar-refractivity contribution in [1.29, 1.82) is 0 Å². The Labute approximate surface area is 160 Å². The smallest absolute Gasteiger partial charge is 0.191 e. The summed E-state index contributed by atoms with van der Waals surface area (Å²) in [6, 6.07) is 6.19. The van der Waals surface area contributed by atoms with Crippen LogP contribution >= 0.6 is 24.0 Å². The topological polar surface area (TPSA) is 79.8 Å². The van der Waals surface area contributed by atoms with Crippen LogP contribution < -0.4 is 10.6 Å². The molecule has 0 spiro atoms. The first kappa shape index (κ1) is 23.1. The minimum Gasteiger partial charge on any atom is -0.379 e. The van der Waals surface area contributed by atoms with Gasteiger partial charge in [-0.15, -0.1) is 24.0 Å². The summed E-state index contributed by atoms with van der Waals surface area (Å²) in [5, 5.41) is 6.18. The van der Waals surface area contributed by atoms with E-state index in [4.69, 9.17) is 4.74 Å². The molecule has 0 amide bonds. The van der Waals surface area contributed by atoms with E-state index in [1.54, 1.807) is 12.1 Å². The molecule has 2 N–H and O–H groups in total. The quantitative estimate of drug-likeness (QED) is 0.246. The van der Waals surface area contributed by atoms with Gasteiger partial charge in [0.2, 0.25) is 0 Å². The third-order valence-electron chi connectivity index (χ3n) is 2.81. The van der Waals surface area contributed by atoms with Crippen molar-refractivity contribution in [3.05, 3.63) is 35.6 Å². The number of aliphatic imine (C=N–C) groups is 1. The minimum atomic E-state index is -2.99. The average molecular weight is 473 g/mol. The summed E-state index contributed by atoms with van der Waals surface area (Å²) in [6.45, 7) is 4.19. The molecular formula is C15H25FIN3O3S. The Bertz CT molecular complexity index is 594. The molecule has 9 heteroatoms. The highest BCUT2D eigenvalue weighted by molar-refractivity contribution is 14.0. The van der Waals surface area contributed by atoms with Gasteiger partial charge in [0.15, 0.2) is 5.96 Å². The highest BCUT2D eigenvalue weighted by Gasteiger charge is 2.02. The molecule has 0 fully saturated rings. The summed E-state index contributed by atoms with van der Waals surface area (Å²) in [5.41, 5.74) is 0.910. The molecule has 0 aromatic heterocycles. The number of sulfone groups is 1. The molecule has 24 heavy (non-hydrogen) atoms. The monoisotopic (exact) mass is 473 g/mol. The lowest BCUT2D eigenvalue weighted by atomic mass is 10.2. The second kappa shape index (κ2) is 12.4. The predicted molar refractivity (Wildman–Crippen MR) is 105 cm³/mol. The number of hydrogen-bond donors (Lipinski definition) is 2. The lowest BCUT2D eigenvalue weighted by Gasteiger charge is -2.11. The minimum absolute atomic E-state index is 0. The lowest BCUT2D eigenvalue weighted by Crippen LogP contribution is -2.39. The van der Waals surface area contributed by atoms with E-state index in [1.165, 1.54) is 18.4 Å². The summed E-state index contributed by atoms with van der Waals surface area (Å²) in [4.78, 5) is 4.39. The molecule has 0 aliphatic heterocycles. The van der Waals surface area contributed by atoms with Crippen LogP contribution in [-0.4, -0.2) is 52.7 Å². The molecule has 1 rings (SSSR count). The average Bonchev–Trinajstić information content (AvgIpc) is 2.48. The molecule has 0 saturated carbocycles. The van der Waals surface area contributed by atoms with Gasteiger partial charge in [-0.25, -0.2) is 17.8 Å². The lowest BCUT2D eigenvalue weighted by molar-refractivity contribution is 0.154. The third-order valence-corrected chi connectivity index (χ3v) is 3.72. The van der Waals surface area contributed by atoms with E-state index in [0.717, 1.165) is 5.56 Å². The molecule has 0 aliphatic rings. The van der Waals surface area contributed by atoms with Gasteiger partial charge < -0.3 is 15.4 Å². The summed E-state index contributed by atoms with van der Waals surface area (Å²) >= 11 is 0. The van der Waals surface area contributed by atoms with Crippen molar-refractivity contribution in [2.45, 2.75) is 13.5 Å². The fraction of sp³-hybridized carbons (Fsp3) is 0.533. The van der Waals surface area contributed by atoms with E-state index in [0.29, 0.717) is 32.2 Å². The van der Waals surface area contributed by atoms with Crippen LogP contribution in [0.5, 0.6) is 0 Å². The van der Waals surface area contributed by atoms with Gasteiger partial charge >= 0.3 is 0 Å². The number of hydrogen-bond acceptors (Lipinski definition) is 4. The van der Waals surface area contributed by atoms with Crippen molar-refractivity contribution in [3.8, 4) is 0 Å². The number of nitrogens with one attached hydrogen (secondary N) is 2. The molecular weight excluding hydrogens is 448 g/mol. The van der Waals surface area contributed by atoms with Gasteiger partial charge in [0.25, 0.3) is 0 Å². The molecule has 0 radical (unpaired) electrons. The number of guanidine groups is 1. The van der Waals surface area contributed by atoms with Crippen LogP contribution in [0, 0.1) is 5.82 Å². The van der Waals surface area contributed by atoms with E-state index in [2.05, 4.69) is 15.6 Å². The van der Waals surface area contributed by atoms with Crippen LogP contribution in [-0.2, 0) is 21.1 Å². The first-order valence-corrected chi connectivity index (χ1v) is 9.49. The Morgan fingerprint density at radius 1 is 1.21 bits per heavy atom. The van der Waals surface area contributed by atoms with Crippen LogP contribution in [0.4, 0.5) is 4.39 Å². The van der Waals surface area contributed by atoms with Gasteiger partial charge in [-0.1, -0.05) is 12.1 Å². The first-order valence-electron chi connectivity index (χ1n) is 7.43. The maximum absolute atomic E-state index is 12.8. The zero-order chi connectivity index (χ0) is 17.1. The molecule has 1 aromatic rings. The van der Waals surface area contributed by atoms with Crippen molar-refractivity contribution in [3.63, 3.8) is 0 Å². The molecule has 0 bridgehead atoms. The van der Waals surface area contributed by atoms with E-state index in [1.807, 2.05) is 6.92 Å². The van der Waals surface area contributed by atoms with Crippen molar-refractivity contribution in [2.75, 3.05) is 38.3 Å². The van der Waals surface area contributed by atoms with Gasteiger partial charge in [-0.2, -0.15) is 0 Å². The molecule has 0 heterocycles. The number of rotatable bonds is 9. The zero-order valence-corrected chi connectivity index (χ0v) is 17.1. The van der Waals surface area contributed by atoms with E-state index >= 15 is 0 Å². The highest BCUT2D eigenvalue weighted by Crippen LogP contribution is 2.03. The van der Waals surface area contributed by atoms with Crippen LogP contribution in [0.15, 0.2) is 29.3 Å². The molecule has 0 atom stereocenters. The van der Waals surface area contributed by atoms with E-state index < -0.39 is 9.84 Å². The fourth-order valence-corrected chi connectivity index (χ4v) is 2.08. The summed E-state index contributed by atoms with van der Waals surface area (Å²) < 4.78 is 40.0. The summed E-state index contributed by atoms with van der Waals surface area (Å²) in [7, 11) is -2.99. The number of halogens is 2. The van der Waals surface area contributed by atoms with E-state index in [9.17, 15) is 12.8 Å². The number of benzene rings is 1. The Kier molecular flexibility index (Phi) is 11.9. The van der Waals surface area contributed by atoms with Crippen LogP contribution in [0.2, 0.25) is 0 Å². The molecule has 0 saturated heterocycles. The van der Waals surface area contributed by atoms with Crippen molar-refractivity contribution in [1.82, 2.24) is 10.6 Å². The van der Waals surface area contributed by atoms with Gasteiger partial charge in [-0.3, -0.25) is 0 Å². The fourth-order valence-electron chi connectivity index (χ4n) is 1.66. The van der Waals surface area contributed by atoms with Crippen LogP contribution in [0.1, 0.15) is 12.5 Å².